The number of fused-ring (bicyclic) bond motifs is 1. The van der Waals surface area contributed by atoms with Gasteiger partial charge in [-0.05, 0) is 31.2 Å². The van der Waals surface area contributed by atoms with E-state index in [2.05, 4.69) is 40.7 Å². The van der Waals surface area contributed by atoms with Crippen LogP contribution in [-0.2, 0) is 7.05 Å². The predicted octanol–water partition coefficient (Wildman–Crippen LogP) is 4.76. The van der Waals surface area contributed by atoms with Gasteiger partial charge in [0.25, 0.3) is 6.43 Å². The standard InChI is InChI=1S/C24H20F2N10O/c1-12-28-24(36(2)35-12)14-7-5-8-15(20(14)37-3)30-16-10-18(31-17-9-4-6-13(11-27)29-17)32-22-19(16)33-23(34-22)21(25)26/h4-10,21H,1-3H3,(H3,29,30,31,32,33,34). The van der Waals surface area contributed by atoms with Crippen LogP contribution >= 0.6 is 0 Å². The molecular formula is C24H20F2N10O. The molecule has 0 saturated carbocycles. The van der Waals surface area contributed by atoms with Crippen molar-refractivity contribution in [2.24, 2.45) is 7.05 Å². The minimum Gasteiger partial charge on any atom is -0.494 e. The van der Waals surface area contributed by atoms with Crippen LogP contribution in [0, 0.1) is 18.3 Å². The van der Waals surface area contributed by atoms with Crippen molar-refractivity contribution >= 4 is 34.2 Å². The molecule has 11 nitrogen and oxygen atoms in total. The minimum absolute atomic E-state index is 0.137. The summed E-state index contributed by atoms with van der Waals surface area (Å²) in [7, 11) is 3.31. The molecule has 37 heavy (non-hydrogen) atoms. The molecule has 0 aliphatic heterocycles. The Balaban J connectivity index is 1.61. The first kappa shape index (κ1) is 23.6. The number of anilines is 4. The molecule has 13 heteroatoms. The third-order valence-electron chi connectivity index (χ3n) is 5.40. The molecule has 0 bridgehead atoms. The van der Waals surface area contributed by atoms with Gasteiger partial charge in [0.15, 0.2) is 23.0 Å². The van der Waals surface area contributed by atoms with Gasteiger partial charge in [0, 0.05) is 13.1 Å². The summed E-state index contributed by atoms with van der Waals surface area (Å²) in [5, 5.41) is 19.7. The number of H-pyrrole nitrogens is 1. The summed E-state index contributed by atoms with van der Waals surface area (Å²) < 4.78 is 34.3. The van der Waals surface area contributed by atoms with Crippen molar-refractivity contribution in [3.8, 4) is 23.2 Å². The molecule has 3 N–H and O–H groups in total. The third-order valence-corrected chi connectivity index (χ3v) is 5.40. The van der Waals surface area contributed by atoms with Gasteiger partial charge in [-0.1, -0.05) is 12.1 Å². The zero-order chi connectivity index (χ0) is 26.1. The van der Waals surface area contributed by atoms with Gasteiger partial charge in [-0.15, -0.1) is 0 Å². The van der Waals surface area contributed by atoms with Crippen molar-refractivity contribution in [3.63, 3.8) is 0 Å². The number of nitrogens with zero attached hydrogens (tertiary/aromatic N) is 7. The number of halogens is 2. The van der Waals surface area contributed by atoms with Crippen LogP contribution < -0.4 is 15.4 Å². The number of ether oxygens (including phenoxy) is 1. The number of nitrogens with one attached hydrogen (secondary N) is 3. The molecule has 0 amide bonds. The molecule has 5 aromatic rings. The Morgan fingerprint density at radius 2 is 1.84 bits per heavy atom. The van der Waals surface area contributed by atoms with Gasteiger partial charge in [0.05, 0.1) is 24.0 Å². The molecule has 0 fully saturated rings. The van der Waals surface area contributed by atoms with Gasteiger partial charge in [-0.25, -0.2) is 33.4 Å². The average molecular weight is 502 g/mol. The lowest BCUT2D eigenvalue weighted by molar-refractivity contribution is 0.142. The van der Waals surface area contributed by atoms with E-state index in [1.165, 1.54) is 7.11 Å². The highest BCUT2D eigenvalue weighted by atomic mass is 19.3. The van der Waals surface area contributed by atoms with E-state index in [4.69, 9.17) is 10.00 Å². The molecule has 0 aliphatic carbocycles. The largest absolute Gasteiger partial charge is 0.494 e. The monoisotopic (exact) mass is 502 g/mol. The number of pyridine rings is 2. The zero-order valence-electron chi connectivity index (χ0n) is 19.9. The summed E-state index contributed by atoms with van der Waals surface area (Å²) in [6.07, 6.45) is -2.82. The Morgan fingerprint density at radius 3 is 2.54 bits per heavy atom. The van der Waals surface area contributed by atoms with Gasteiger partial charge >= 0.3 is 0 Å². The van der Waals surface area contributed by atoms with Crippen LogP contribution in [0.1, 0.15) is 23.8 Å². The van der Waals surface area contributed by atoms with Crippen molar-refractivity contribution in [2.75, 3.05) is 17.7 Å². The minimum atomic E-state index is -2.82. The predicted molar refractivity (Wildman–Crippen MR) is 132 cm³/mol. The highest BCUT2D eigenvalue weighted by Crippen LogP contribution is 2.39. The van der Waals surface area contributed by atoms with Gasteiger partial charge in [-0.3, -0.25) is 0 Å². The summed E-state index contributed by atoms with van der Waals surface area (Å²) in [5.74, 6) is 1.83. The number of hydrogen-bond donors (Lipinski definition) is 3. The lowest BCUT2D eigenvalue weighted by atomic mass is 10.1. The molecule has 0 spiro atoms. The Morgan fingerprint density at radius 1 is 1.03 bits per heavy atom. The van der Waals surface area contributed by atoms with Gasteiger partial charge < -0.3 is 20.4 Å². The summed E-state index contributed by atoms with van der Waals surface area (Å²) in [4.78, 5) is 19.7. The molecule has 0 saturated heterocycles. The van der Waals surface area contributed by atoms with Crippen molar-refractivity contribution in [2.45, 2.75) is 13.3 Å². The van der Waals surface area contributed by atoms with Crippen molar-refractivity contribution in [3.05, 3.63) is 59.8 Å². The van der Waals surface area contributed by atoms with E-state index in [0.717, 1.165) is 0 Å². The van der Waals surface area contributed by atoms with Crippen LogP contribution in [0.5, 0.6) is 5.75 Å². The van der Waals surface area contributed by atoms with Crippen LogP contribution in [0.15, 0.2) is 42.5 Å². The quantitative estimate of drug-likeness (QED) is 0.287. The summed E-state index contributed by atoms with van der Waals surface area (Å²) >= 11 is 0. The molecule has 1 aromatic carbocycles. The van der Waals surface area contributed by atoms with Crippen LogP contribution in [0.3, 0.4) is 0 Å². The highest BCUT2D eigenvalue weighted by molar-refractivity contribution is 5.92. The molecule has 4 aromatic heterocycles. The maximum absolute atomic E-state index is 13.5. The Labute approximate surface area is 209 Å². The van der Waals surface area contributed by atoms with Crippen LogP contribution in [0.4, 0.5) is 31.8 Å². The number of aromatic amines is 1. The summed E-state index contributed by atoms with van der Waals surface area (Å²) in [5.41, 5.74) is 2.18. The molecule has 0 aliphatic rings. The van der Waals surface area contributed by atoms with E-state index in [-0.39, 0.29) is 16.9 Å². The number of hydrogen-bond acceptors (Lipinski definition) is 9. The van der Waals surface area contributed by atoms with E-state index < -0.39 is 12.2 Å². The lowest BCUT2D eigenvalue weighted by Crippen LogP contribution is -2.02. The summed E-state index contributed by atoms with van der Waals surface area (Å²) in [6, 6.07) is 13.9. The SMILES string of the molecule is COc1c(Nc2cc(Nc3cccc(C#N)n3)nc3[nH]c(C(F)F)nc23)cccc1-c1nc(C)nn1C. The second-order valence-electron chi connectivity index (χ2n) is 7.94. The number of para-hydroxylation sites is 1. The van der Waals surface area contributed by atoms with Gasteiger partial charge in [-0.2, -0.15) is 10.4 Å². The summed E-state index contributed by atoms with van der Waals surface area (Å²) in [6.45, 7) is 1.79. The number of methoxy groups -OCH3 is 1. The fourth-order valence-electron chi connectivity index (χ4n) is 3.89. The van der Waals surface area contributed by atoms with E-state index in [9.17, 15) is 8.78 Å². The maximum Gasteiger partial charge on any atom is 0.295 e. The van der Waals surface area contributed by atoms with Crippen molar-refractivity contribution < 1.29 is 13.5 Å². The van der Waals surface area contributed by atoms with E-state index in [0.29, 0.717) is 46.0 Å². The number of imidazole rings is 1. The zero-order valence-corrected chi connectivity index (χ0v) is 19.9. The number of aromatic nitrogens is 7. The topological polar surface area (TPSA) is 142 Å². The second kappa shape index (κ2) is 9.50. The Kier molecular flexibility index (Phi) is 6.06. The normalized spacial score (nSPS) is 11.1. The first-order valence-corrected chi connectivity index (χ1v) is 11.0. The van der Waals surface area contributed by atoms with E-state index in [1.54, 1.807) is 49.0 Å². The second-order valence-corrected chi connectivity index (χ2v) is 7.94. The van der Waals surface area contributed by atoms with Crippen molar-refractivity contribution in [1.82, 2.24) is 34.7 Å². The highest BCUT2D eigenvalue weighted by Gasteiger charge is 2.20. The number of nitriles is 1. The number of rotatable bonds is 7. The van der Waals surface area contributed by atoms with Crippen LogP contribution in [0.2, 0.25) is 0 Å². The molecular weight excluding hydrogens is 482 g/mol. The molecule has 186 valence electrons. The van der Waals surface area contributed by atoms with Crippen LogP contribution in [0.25, 0.3) is 22.6 Å². The molecule has 0 radical (unpaired) electrons. The van der Waals surface area contributed by atoms with Gasteiger partial charge in [0.1, 0.15) is 34.7 Å². The molecule has 4 heterocycles. The number of alkyl halides is 2. The average Bonchev–Trinajstić information content (AvgIpc) is 3.46. The Bertz CT molecular complexity index is 1650. The molecule has 0 unspecified atom stereocenters. The van der Waals surface area contributed by atoms with Crippen LogP contribution in [-0.4, -0.2) is 41.8 Å². The first-order chi connectivity index (χ1) is 17.9. The number of benzene rings is 1. The molecule has 5 rings (SSSR count). The Hall–Kier alpha value is -5.12. The molecule has 0 atom stereocenters. The fraction of sp³-hybridized carbons (Fsp3) is 0.167. The van der Waals surface area contributed by atoms with Gasteiger partial charge in [0.2, 0.25) is 0 Å². The third kappa shape index (κ3) is 4.59. The van der Waals surface area contributed by atoms with E-state index in [1.807, 2.05) is 18.2 Å². The van der Waals surface area contributed by atoms with E-state index >= 15 is 0 Å². The smallest absolute Gasteiger partial charge is 0.295 e. The first-order valence-electron chi connectivity index (χ1n) is 11.0. The lowest BCUT2D eigenvalue weighted by Gasteiger charge is -2.15. The fourth-order valence-corrected chi connectivity index (χ4v) is 3.89. The number of aryl methyl sites for hydroxylation is 2. The maximum atomic E-state index is 13.5. The van der Waals surface area contributed by atoms with Crippen molar-refractivity contribution in [1.29, 1.82) is 5.26 Å².